The number of ether oxygens (including phenoxy) is 3. The molecule has 0 fully saturated rings. The van der Waals surface area contributed by atoms with Gasteiger partial charge >= 0.3 is 5.97 Å². The molecule has 0 N–H and O–H groups in total. The summed E-state index contributed by atoms with van der Waals surface area (Å²) in [5.74, 6) is 5.46. The van der Waals surface area contributed by atoms with Gasteiger partial charge in [-0.1, -0.05) is 5.92 Å². The molecule has 0 spiro atoms. The second-order valence-corrected chi connectivity index (χ2v) is 6.89. The smallest absolute Gasteiger partial charge is 0.305 e. The molecular weight excluding hydrogens is 334 g/mol. The van der Waals surface area contributed by atoms with Crippen LogP contribution in [0.25, 0.3) is 0 Å². The minimum atomic E-state index is -3.41. The minimum absolute atomic E-state index is 0.0644. The molecule has 0 amide bonds. The largest absolute Gasteiger partial charge is 0.466 e. The number of carbonyl (C=O) groups excluding carboxylic acids is 1. The van der Waals surface area contributed by atoms with Crippen LogP contribution in [0.3, 0.4) is 0 Å². The Kier molecular flexibility index (Phi) is 12.6. The van der Waals surface area contributed by atoms with Crippen molar-refractivity contribution >= 4 is 16.0 Å². The van der Waals surface area contributed by atoms with Gasteiger partial charge in [-0.15, -0.1) is 5.92 Å². The number of nitrogens with zero attached hydrogens (tertiary/aromatic N) is 1. The summed E-state index contributed by atoms with van der Waals surface area (Å²) in [5.41, 5.74) is 0. The molecule has 0 rings (SSSR count). The number of hydrogen-bond acceptors (Lipinski definition) is 6. The standard InChI is InChI=1S/C16H29NO6S/c1-5-21-15(18)12-10-8-9-11-13-17(24(4,19)20)14-16(22-6-2)23-7-3/h16H,5-8,10,12-14H2,1-4H3. The third-order valence-electron chi connectivity index (χ3n) is 2.90. The van der Waals surface area contributed by atoms with Crippen LogP contribution in [-0.2, 0) is 29.0 Å². The minimum Gasteiger partial charge on any atom is -0.466 e. The molecule has 8 heteroatoms. The van der Waals surface area contributed by atoms with Crippen molar-refractivity contribution < 1.29 is 27.4 Å². The Morgan fingerprint density at radius 3 is 2.21 bits per heavy atom. The summed E-state index contributed by atoms with van der Waals surface area (Å²) in [4.78, 5) is 11.2. The van der Waals surface area contributed by atoms with E-state index in [2.05, 4.69) is 11.8 Å². The Morgan fingerprint density at radius 1 is 1.08 bits per heavy atom. The Hall–Kier alpha value is -1.14. The number of unbranched alkanes of at least 4 members (excludes halogenated alkanes) is 1. The van der Waals surface area contributed by atoms with Crippen LogP contribution < -0.4 is 0 Å². The fourth-order valence-corrected chi connectivity index (χ4v) is 2.49. The summed E-state index contributed by atoms with van der Waals surface area (Å²) in [6, 6.07) is 0. The SMILES string of the molecule is CCOC(=O)CCCC#CCN(CC(OCC)OCC)S(C)(=O)=O. The molecule has 0 aliphatic rings. The molecule has 0 unspecified atom stereocenters. The highest BCUT2D eigenvalue weighted by Gasteiger charge is 2.21. The average molecular weight is 363 g/mol. The van der Waals surface area contributed by atoms with Crippen LogP contribution in [0, 0.1) is 11.8 Å². The van der Waals surface area contributed by atoms with E-state index in [9.17, 15) is 13.2 Å². The molecule has 0 bridgehead atoms. The quantitative estimate of drug-likeness (QED) is 0.225. The Morgan fingerprint density at radius 2 is 1.71 bits per heavy atom. The van der Waals surface area contributed by atoms with Gasteiger partial charge in [0.05, 0.1) is 26.0 Å². The van der Waals surface area contributed by atoms with Gasteiger partial charge in [0.15, 0.2) is 6.29 Å². The second-order valence-electron chi connectivity index (χ2n) is 4.91. The van der Waals surface area contributed by atoms with Gasteiger partial charge in [-0.3, -0.25) is 4.79 Å². The zero-order valence-electron chi connectivity index (χ0n) is 15.0. The van der Waals surface area contributed by atoms with Gasteiger partial charge in [0, 0.05) is 26.1 Å². The lowest BCUT2D eigenvalue weighted by atomic mass is 10.2. The van der Waals surface area contributed by atoms with E-state index >= 15 is 0 Å². The topological polar surface area (TPSA) is 82.1 Å². The predicted octanol–water partition coefficient (Wildman–Crippen LogP) is 1.38. The summed E-state index contributed by atoms with van der Waals surface area (Å²) < 4.78 is 40.5. The van der Waals surface area contributed by atoms with Crippen molar-refractivity contribution in [3.63, 3.8) is 0 Å². The lowest BCUT2D eigenvalue weighted by Gasteiger charge is -2.23. The fraction of sp³-hybridized carbons (Fsp3) is 0.812. The van der Waals surface area contributed by atoms with Crippen LogP contribution in [0.5, 0.6) is 0 Å². The van der Waals surface area contributed by atoms with E-state index in [1.807, 2.05) is 13.8 Å². The molecule has 0 aromatic heterocycles. The van der Waals surface area contributed by atoms with E-state index in [1.54, 1.807) is 6.92 Å². The molecule has 0 heterocycles. The van der Waals surface area contributed by atoms with Crippen molar-refractivity contribution in [3.8, 4) is 11.8 Å². The first-order chi connectivity index (χ1) is 11.3. The second kappa shape index (κ2) is 13.2. The number of carbonyl (C=O) groups is 1. The maximum Gasteiger partial charge on any atom is 0.305 e. The highest BCUT2D eigenvalue weighted by Crippen LogP contribution is 2.04. The van der Waals surface area contributed by atoms with Crippen LogP contribution in [0.1, 0.15) is 40.0 Å². The van der Waals surface area contributed by atoms with Crippen molar-refractivity contribution in [2.45, 2.75) is 46.3 Å². The van der Waals surface area contributed by atoms with Crippen LogP contribution in [0.4, 0.5) is 0 Å². The molecule has 0 radical (unpaired) electrons. The van der Waals surface area contributed by atoms with Gasteiger partial charge in [-0.2, -0.15) is 4.31 Å². The molecule has 0 saturated carbocycles. The molecule has 24 heavy (non-hydrogen) atoms. The zero-order chi connectivity index (χ0) is 18.4. The highest BCUT2D eigenvalue weighted by molar-refractivity contribution is 7.88. The molecule has 0 saturated heterocycles. The molecule has 0 aliphatic heterocycles. The predicted molar refractivity (Wildman–Crippen MR) is 91.7 cm³/mol. The van der Waals surface area contributed by atoms with Gasteiger partial charge in [0.2, 0.25) is 10.0 Å². The summed E-state index contributed by atoms with van der Waals surface area (Å²) in [6.07, 6.45) is 1.93. The van der Waals surface area contributed by atoms with E-state index in [4.69, 9.17) is 14.2 Å². The van der Waals surface area contributed by atoms with Crippen LogP contribution in [-0.4, -0.2) is 64.1 Å². The molecular formula is C16H29NO6S. The third kappa shape index (κ3) is 11.4. The van der Waals surface area contributed by atoms with Crippen LogP contribution in [0.2, 0.25) is 0 Å². The van der Waals surface area contributed by atoms with Crippen LogP contribution in [0.15, 0.2) is 0 Å². The van der Waals surface area contributed by atoms with Crippen molar-refractivity contribution in [1.82, 2.24) is 4.31 Å². The molecule has 140 valence electrons. The summed E-state index contributed by atoms with van der Waals surface area (Å²) >= 11 is 0. The molecule has 0 aromatic carbocycles. The van der Waals surface area contributed by atoms with Crippen molar-refractivity contribution in [2.24, 2.45) is 0 Å². The third-order valence-corrected chi connectivity index (χ3v) is 4.11. The monoisotopic (exact) mass is 363 g/mol. The summed E-state index contributed by atoms with van der Waals surface area (Å²) in [5, 5.41) is 0. The van der Waals surface area contributed by atoms with Gasteiger partial charge in [0.25, 0.3) is 0 Å². The maximum absolute atomic E-state index is 11.8. The van der Waals surface area contributed by atoms with E-state index in [0.29, 0.717) is 39.1 Å². The van der Waals surface area contributed by atoms with Gasteiger partial charge in [-0.25, -0.2) is 8.42 Å². The van der Waals surface area contributed by atoms with Crippen molar-refractivity contribution in [2.75, 3.05) is 39.2 Å². The molecule has 0 atom stereocenters. The number of sulfonamides is 1. The number of rotatable bonds is 12. The first-order valence-electron chi connectivity index (χ1n) is 8.14. The first-order valence-corrected chi connectivity index (χ1v) is 9.99. The average Bonchev–Trinajstić information content (AvgIpc) is 2.49. The van der Waals surface area contributed by atoms with Crippen molar-refractivity contribution in [3.05, 3.63) is 0 Å². The normalized spacial score (nSPS) is 11.4. The lowest BCUT2D eigenvalue weighted by molar-refractivity contribution is -0.143. The maximum atomic E-state index is 11.8. The fourth-order valence-electron chi connectivity index (χ4n) is 1.80. The van der Waals surface area contributed by atoms with Gasteiger partial charge in [0.1, 0.15) is 0 Å². The summed E-state index contributed by atoms with van der Waals surface area (Å²) in [7, 11) is -3.41. The first kappa shape index (κ1) is 22.9. The van der Waals surface area contributed by atoms with Crippen molar-refractivity contribution in [1.29, 1.82) is 0 Å². The molecule has 0 aliphatic carbocycles. The zero-order valence-corrected chi connectivity index (χ0v) is 15.9. The Balaban J connectivity index is 4.45. The number of hydrogen-bond donors (Lipinski definition) is 0. The Bertz CT molecular complexity index is 502. The Labute approximate surface area is 145 Å². The summed E-state index contributed by atoms with van der Waals surface area (Å²) in [6.45, 7) is 6.79. The van der Waals surface area contributed by atoms with Crippen LogP contribution >= 0.6 is 0 Å². The highest BCUT2D eigenvalue weighted by atomic mass is 32.2. The molecule has 0 aromatic rings. The van der Waals surface area contributed by atoms with E-state index < -0.39 is 16.3 Å². The van der Waals surface area contributed by atoms with E-state index in [-0.39, 0.29) is 19.1 Å². The number of esters is 1. The van der Waals surface area contributed by atoms with E-state index in [1.165, 1.54) is 4.31 Å². The lowest BCUT2D eigenvalue weighted by Crippen LogP contribution is -2.39. The molecule has 7 nitrogen and oxygen atoms in total. The van der Waals surface area contributed by atoms with Gasteiger partial charge in [-0.05, 0) is 27.2 Å². The van der Waals surface area contributed by atoms with Gasteiger partial charge < -0.3 is 14.2 Å². The van der Waals surface area contributed by atoms with E-state index in [0.717, 1.165) is 6.26 Å².